The smallest absolute Gasteiger partial charge is 0.341 e. The van der Waals surface area contributed by atoms with E-state index in [0.717, 1.165) is 53.3 Å². The Labute approximate surface area is 174 Å². The molecule has 0 amide bonds. The van der Waals surface area contributed by atoms with E-state index in [1.165, 1.54) is 18.4 Å². The van der Waals surface area contributed by atoms with Crippen LogP contribution in [0.2, 0.25) is 5.02 Å². The van der Waals surface area contributed by atoms with Gasteiger partial charge in [-0.2, -0.15) is 0 Å². The van der Waals surface area contributed by atoms with Crippen molar-refractivity contribution in [3.05, 3.63) is 50.9 Å². The number of hydrogen-bond acceptors (Lipinski definition) is 4. The summed E-state index contributed by atoms with van der Waals surface area (Å²) in [6.07, 6.45) is 6.22. The lowest BCUT2D eigenvalue weighted by atomic mass is 10.1. The summed E-state index contributed by atoms with van der Waals surface area (Å²) in [6.45, 7) is 0.685. The summed E-state index contributed by atoms with van der Waals surface area (Å²) in [7, 11) is 1.43. The van der Waals surface area contributed by atoms with Gasteiger partial charge < -0.3 is 15.4 Å². The fourth-order valence-electron chi connectivity index (χ4n) is 3.31. The average Bonchev–Trinajstić information content (AvgIpc) is 2.82. The number of nitrogens with one attached hydrogen (secondary N) is 2. The van der Waals surface area contributed by atoms with Gasteiger partial charge in [0, 0.05) is 16.4 Å². The third-order valence-corrected chi connectivity index (χ3v) is 6.31. The topological polar surface area (TPSA) is 50.4 Å². The number of aryl methyl sites for hydroxylation is 1. The molecule has 0 aliphatic heterocycles. The number of thiocarbonyl (C=S) groups is 1. The van der Waals surface area contributed by atoms with E-state index in [4.69, 9.17) is 28.6 Å². The van der Waals surface area contributed by atoms with Crippen molar-refractivity contribution in [1.82, 2.24) is 5.32 Å². The summed E-state index contributed by atoms with van der Waals surface area (Å²) < 4.78 is 5.03. The van der Waals surface area contributed by atoms with Crippen LogP contribution in [0.25, 0.3) is 0 Å². The second-order valence-electron chi connectivity index (χ2n) is 6.52. The molecular weight excluding hydrogens is 400 g/mol. The molecule has 0 atom stereocenters. The molecule has 1 aliphatic rings. The number of carbonyl (C=O) groups excluding carboxylic acids is 1. The van der Waals surface area contributed by atoms with Gasteiger partial charge in [0.15, 0.2) is 5.11 Å². The molecule has 0 unspecified atom stereocenters. The van der Waals surface area contributed by atoms with Crippen LogP contribution in [0.5, 0.6) is 0 Å². The van der Waals surface area contributed by atoms with Gasteiger partial charge in [-0.1, -0.05) is 30.2 Å². The zero-order chi connectivity index (χ0) is 19.2. The van der Waals surface area contributed by atoms with Crippen molar-refractivity contribution in [3.8, 4) is 0 Å². The number of hydrogen-bond donors (Lipinski definition) is 2. The van der Waals surface area contributed by atoms with Crippen molar-refractivity contribution >= 4 is 51.2 Å². The number of esters is 1. The highest BCUT2D eigenvalue weighted by Crippen LogP contribution is 2.37. The van der Waals surface area contributed by atoms with E-state index in [1.54, 1.807) is 11.3 Å². The maximum absolute atomic E-state index is 12.4. The standard InChI is InChI=1S/C20H23ClN2O2S2/c1-25-19(24)17-15-8-3-2-4-9-16(15)27-18(17)23-20(26)22-11-10-13-6-5-7-14(21)12-13/h5-7,12H,2-4,8-11H2,1H3,(H2,22,23,26). The Morgan fingerprint density at radius 2 is 2.11 bits per heavy atom. The van der Waals surface area contributed by atoms with Crippen LogP contribution in [0, 0.1) is 0 Å². The quantitative estimate of drug-likeness (QED) is 0.404. The van der Waals surface area contributed by atoms with E-state index < -0.39 is 0 Å². The molecule has 0 fully saturated rings. The van der Waals surface area contributed by atoms with Gasteiger partial charge in [0.05, 0.1) is 12.7 Å². The highest BCUT2D eigenvalue weighted by atomic mass is 35.5. The van der Waals surface area contributed by atoms with Gasteiger partial charge in [0.2, 0.25) is 0 Å². The maximum atomic E-state index is 12.4. The van der Waals surface area contributed by atoms with Gasteiger partial charge in [-0.05, 0) is 67.6 Å². The molecule has 0 spiro atoms. The van der Waals surface area contributed by atoms with Crippen LogP contribution in [0.3, 0.4) is 0 Å². The van der Waals surface area contributed by atoms with Gasteiger partial charge >= 0.3 is 5.97 Å². The molecule has 0 saturated carbocycles. The van der Waals surface area contributed by atoms with E-state index in [-0.39, 0.29) is 5.97 Å². The van der Waals surface area contributed by atoms with Crippen molar-refractivity contribution in [1.29, 1.82) is 0 Å². The summed E-state index contributed by atoms with van der Waals surface area (Å²) >= 11 is 13.1. The number of carbonyl (C=O) groups is 1. The minimum absolute atomic E-state index is 0.293. The first-order valence-corrected chi connectivity index (χ1v) is 10.7. The van der Waals surface area contributed by atoms with Crippen molar-refractivity contribution in [3.63, 3.8) is 0 Å². The van der Waals surface area contributed by atoms with Crippen LogP contribution in [-0.2, 0) is 24.0 Å². The van der Waals surface area contributed by atoms with E-state index >= 15 is 0 Å². The largest absolute Gasteiger partial charge is 0.465 e. The molecular formula is C20H23ClN2O2S2. The monoisotopic (exact) mass is 422 g/mol. The average molecular weight is 423 g/mol. The highest BCUT2D eigenvalue weighted by Gasteiger charge is 2.25. The molecule has 1 aliphatic carbocycles. The predicted octanol–water partition coefficient (Wildman–Crippen LogP) is 4.99. The van der Waals surface area contributed by atoms with Crippen LogP contribution in [0.4, 0.5) is 5.00 Å². The molecule has 4 nitrogen and oxygen atoms in total. The number of thiophene rings is 1. The maximum Gasteiger partial charge on any atom is 0.341 e. The van der Waals surface area contributed by atoms with Crippen molar-refractivity contribution < 1.29 is 9.53 Å². The van der Waals surface area contributed by atoms with Crippen LogP contribution >= 0.6 is 35.2 Å². The van der Waals surface area contributed by atoms with Gasteiger partial charge in [0.1, 0.15) is 5.00 Å². The van der Waals surface area contributed by atoms with E-state index in [0.29, 0.717) is 17.2 Å². The number of methoxy groups -OCH3 is 1. The van der Waals surface area contributed by atoms with Crippen molar-refractivity contribution in [2.24, 2.45) is 0 Å². The fourth-order valence-corrected chi connectivity index (χ4v) is 5.07. The van der Waals surface area contributed by atoms with Crippen LogP contribution < -0.4 is 10.6 Å². The molecule has 2 aromatic rings. The highest BCUT2D eigenvalue weighted by molar-refractivity contribution is 7.80. The lowest BCUT2D eigenvalue weighted by molar-refractivity contribution is 0.0601. The lowest BCUT2D eigenvalue weighted by Crippen LogP contribution is -2.30. The molecule has 1 aromatic heterocycles. The molecule has 27 heavy (non-hydrogen) atoms. The lowest BCUT2D eigenvalue weighted by Gasteiger charge is -2.11. The number of benzene rings is 1. The third-order valence-electron chi connectivity index (χ3n) is 4.63. The number of halogens is 1. The molecule has 144 valence electrons. The Morgan fingerprint density at radius 3 is 2.89 bits per heavy atom. The summed E-state index contributed by atoms with van der Waals surface area (Å²) in [5.41, 5.74) is 2.93. The minimum atomic E-state index is -0.293. The second-order valence-corrected chi connectivity index (χ2v) is 8.47. The van der Waals surface area contributed by atoms with Gasteiger partial charge in [-0.15, -0.1) is 11.3 Å². The Morgan fingerprint density at radius 1 is 1.30 bits per heavy atom. The molecule has 0 saturated heterocycles. The summed E-state index contributed by atoms with van der Waals surface area (Å²) in [6, 6.07) is 7.79. The van der Waals surface area contributed by atoms with Gasteiger partial charge in [0.25, 0.3) is 0 Å². The SMILES string of the molecule is COC(=O)c1c(NC(=S)NCCc2cccc(Cl)c2)sc2c1CCCCC2. The number of ether oxygens (including phenoxy) is 1. The number of fused-ring (bicyclic) bond motifs is 1. The molecule has 7 heteroatoms. The van der Waals surface area contributed by atoms with Crippen LogP contribution in [-0.4, -0.2) is 24.7 Å². The normalized spacial score (nSPS) is 13.4. The summed E-state index contributed by atoms with van der Waals surface area (Å²) in [5, 5.41) is 8.45. The van der Waals surface area contributed by atoms with Gasteiger partial charge in [-0.25, -0.2) is 4.79 Å². The molecule has 1 aromatic carbocycles. The molecule has 1 heterocycles. The first kappa shape index (κ1) is 20.1. The molecule has 3 rings (SSSR count). The fraction of sp³-hybridized carbons (Fsp3) is 0.400. The summed E-state index contributed by atoms with van der Waals surface area (Å²) in [5.74, 6) is -0.293. The Balaban J connectivity index is 1.65. The first-order chi connectivity index (χ1) is 13.1. The first-order valence-electron chi connectivity index (χ1n) is 9.10. The zero-order valence-corrected chi connectivity index (χ0v) is 17.7. The van der Waals surface area contributed by atoms with Crippen LogP contribution in [0.15, 0.2) is 24.3 Å². The number of anilines is 1. The second kappa shape index (κ2) is 9.53. The van der Waals surface area contributed by atoms with E-state index in [9.17, 15) is 4.79 Å². The summed E-state index contributed by atoms with van der Waals surface area (Å²) in [4.78, 5) is 13.6. The molecule has 2 N–H and O–H groups in total. The van der Waals surface area contributed by atoms with Crippen molar-refractivity contribution in [2.45, 2.75) is 38.5 Å². The predicted molar refractivity (Wildman–Crippen MR) is 116 cm³/mol. The molecule has 0 radical (unpaired) electrons. The zero-order valence-electron chi connectivity index (χ0n) is 15.3. The Bertz CT molecular complexity index is 835. The molecule has 0 bridgehead atoms. The van der Waals surface area contributed by atoms with E-state index in [2.05, 4.69) is 10.6 Å². The minimum Gasteiger partial charge on any atom is -0.465 e. The van der Waals surface area contributed by atoms with Crippen LogP contribution in [0.1, 0.15) is 45.6 Å². The third kappa shape index (κ3) is 5.21. The Kier molecular flexibility index (Phi) is 7.10. The van der Waals surface area contributed by atoms with Crippen molar-refractivity contribution in [2.75, 3.05) is 19.0 Å². The van der Waals surface area contributed by atoms with E-state index in [1.807, 2.05) is 24.3 Å². The number of rotatable bonds is 5. The Hall–Kier alpha value is -1.63. The van der Waals surface area contributed by atoms with Gasteiger partial charge in [-0.3, -0.25) is 0 Å².